The quantitative estimate of drug-likeness (QED) is 0.808. The largest absolute Gasteiger partial charge is 0.273 e. The Morgan fingerprint density at radius 3 is 3.00 bits per heavy atom. The van der Waals surface area contributed by atoms with Gasteiger partial charge in [0.05, 0.1) is 0 Å². The molecule has 0 fully saturated rings. The van der Waals surface area contributed by atoms with Gasteiger partial charge in [0, 0.05) is 17.5 Å². The lowest BCUT2D eigenvalue weighted by Gasteiger charge is -2.22. The highest BCUT2D eigenvalue weighted by atomic mass is 32.2. The van der Waals surface area contributed by atoms with Crippen molar-refractivity contribution in [3.8, 4) is 0 Å². The molecule has 2 heterocycles. The third-order valence-corrected chi connectivity index (χ3v) is 3.24. The van der Waals surface area contributed by atoms with Crippen LogP contribution in [-0.2, 0) is 0 Å². The van der Waals surface area contributed by atoms with E-state index in [0.717, 1.165) is 0 Å². The Labute approximate surface area is 108 Å². The number of nitrogens with zero attached hydrogens (tertiary/aromatic N) is 4. The summed E-state index contributed by atoms with van der Waals surface area (Å²) in [4.78, 5) is 24.2. The molecule has 0 spiro atoms. The first kappa shape index (κ1) is 11.1. The normalized spacial score (nSPS) is 18.0. The van der Waals surface area contributed by atoms with E-state index in [1.54, 1.807) is 16.5 Å². The Morgan fingerprint density at radius 2 is 2.17 bits per heavy atom. The first-order chi connectivity index (χ1) is 8.83. The van der Waals surface area contributed by atoms with Crippen molar-refractivity contribution in [3.63, 3.8) is 0 Å². The minimum absolute atomic E-state index is 0.165. The lowest BCUT2D eigenvalue weighted by atomic mass is 10.2. The molecule has 6 nitrogen and oxygen atoms in total. The van der Waals surface area contributed by atoms with Gasteiger partial charge in [-0.15, -0.1) is 4.41 Å². The first-order valence-electron chi connectivity index (χ1n) is 5.29. The molecule has 1 aromatic rings. The number of hydrazine groups is 1. The summed E-state index contributed by atoms with van der Waals surface area (Å²) >= 11 is 1.32. The molecule has 0 saturated carbocycles. The number of hydrogen-bond acceptors (Lipinski definition) is 6. The number of aliphatic imine (C=N–C) groups is 3. The van der Waals surface area contributed by atoms with Gasteiger partial charge in [0.1, 0.15) is 13.0 Å². The molecule has 0 aliphatic carbocycles. The van der Waals surface area contributed by atoms with Crippen molar-refractivity contribution < 1.29 is 4.79 Å². The molecule has 0 aromatic heterocycles. The van der Waals surface area contributed by atoms with Crippen LogP contribution in [0, 0.1) is 0 Å². The number of hydrogen-bond donors (Lipinski definition) is 1. The van der Waals surface area contributed by atoms with E-state index in [1.807, 2.05) is 18.2 Å². The molecule has 2 aliphatic rings. The number of amides is 1. The van der Waals surface area contributed by atoms with Gasteiger partial charge in [0.2, 0.25) is 0 Å². The predicted octanol–water partition coefficient (Wildman–Crippen LogP) is 1.09. The minimum atomic E-state index is -0.165. The van der Waals surface area contributed by atoms with E-state index in [0.29, 0.717) is 23.1 Å². The van der Waals surface area contributed by atoms with E-state index in [2.05, 4.69) is 20.4 Å². The highest BCUT2D eigenvalue weighted by Gasteiger charge is 2.23. The Hall–Kier alpha value is -1.99. The van der Waals surface area contributed by atoms with Gasteiger partial charge in [0.15, 0.2) is 10.9 Å². The van der Waals surface area contributed by atoms with Crippen LogP contribution in [-0.4, -0.2) is 34.2 Å². The van der Waals surface area contributed by atoms with Crippen LogP contribution in [0.15, 0.2) is 45.3 Å². The van der Waals surface area contributed by atoms with Crippen molar-refractivity contribution in [2.45, 2.75) is 0 Å². The van der Waals surface area contributed by atoms with Crippen molar-refractivity contribution >= 4 is 35.1 Å². The van der Waals surface area contributed by atoms with E-state index in [1.165, 1.54) is 18.3 Å². The van der Waals surface area contributed by atoms with Gasteiger partial charge in [-0.25, -0.2) is 15.0 Å². The maximum atomic E-state index is 11.9. The molecular weight excluding hydrogens is 250 g/mol. The molecule has 0 saturated heterocycles. The van der Waals surface area contributed by atoms with Gasteiger partial charge >= 0.3 is 0 Å². The molecule has 18 heavy (non-hydrogen) atoms. The predicted molar refractivity (Wildman–Crippen MR) is 71.6 cm³/mol. The standard InChI is InChI=1S/C11H9N5OS/c17-10(8-4-2-1-3-5-8)15-16-7-14-9-11(18-16)13-6-12-9/h1-6H,7H2,(H,15,17). The third-order valence-electron chi connectivity index (χ3n) is 2.35. The second-order valence-electron chi connectivity index (χ2n) is 3.58. The van der Waals surface area contributed by atoms with Crippen LogP contribution in [0.4, 0.5) is 0 Å². The number of carbonyl (C=O) groups is 1. The smallest absolute Gasteiger partial charge is 0.266 e. The van der Waals surface area contributed by atoms with Crippen LogP contribution in [0.2, 0.25) is 0 Å². The maximum Gasteiger partial charge on any atom is 0.266 e. The molecule has 0 radical (unpaired) electrons. The highest BCUT2D eigenvalue weighted by molar-refractivity contribution is 8.13. The Balaban J connectivity index is 1.67. The minimum Gasteiger partial charge on any atom is -0.273 e. The van der Waals surface area contributed by atoms with Crippen molar-refractivity contribution in [2.24, 2.45) is 15.0 Å². The molecule has 1 aromatic carbocycles. The number of carbonyl (C=O) groups excluding carboxylic acids is 1. The number of benzene rings is 1. The average molecular weight is 259 g/mol. The van der Waals surface area contributed by atoms with Crippen LogP contribution >= 0.6 is 11.9 Å². The van der Waals surface area contributed by atoms with E-state index >= 15 is 0 Å². The van der Waals surface area contributed by atoms with Crippen molar-refractivity contribution in [1.82, 2.24) is 9.84 Å². The summed E-state index contributed by atoms with van der Waals surface area (Å²) in [5.41, 5.74) is 3.37. The van der Waals surface area contributed by atoms with E-state index < -0.39 is 0 Å². The summed E-state index contributed by atoms with van der Waals surface area (Å²) in [6.07, 6.45) is 1.46. The monoisotopic (exact) mass is 259 g/mol. The number of nitrogens with one attached hydrogen (secondary N) is 1. The number of fused-ring (bicyclic) bond motifs is 1. The molecule has 0 unspecified atom stereocenters. The van der Waals surface area contributed by atoms with Gasteiger partial charge in [-0.1, -0.05) is 18.2 Å². The molecule has 7 heteroatoms. The number of rotatable bonds is 2. The van der Waals surface area contributed by atoms with E-state index in [-0.39, 0.29) is 5.91 Å². The molecule has 90 valence electrons. The van der Waals surface area contributed by atoms with Gasteiger partial charge in [0.25, 0.3) is 5.91 Å². The summed E-state index contributed by atoms with van der Waals surface area (Å²) in [6, 6.07) is 9.03. The Kier molecular flexibility index (Phi) is 2.91. The second-order valence-corrected chi connectivity index (χ2v) is 4.59. The summed E-state index contributed by atoms with van der Waals surface area (Å²) < 4.78 is 1.63. The number of amidine groups is 1. The fraction of sp³-hybridized carbons (Fsp3) is 0.0909. The molecule has 0 atom stereocenters. The lowest BCUT2D eigenvalue weighted by Crippen LogP contribution is -2.41. The van der Waals surface area contributed by atoms with Crippen molar-refractivity contribution in [1.29, 1.82) is 0 Å². The van der Waals surface area contributed by atoms with Crippen LogP contribution in [0.1, 0.15) is 10.4 Å². The molecular formula is C11H9N5OS. The highest BCUT2D eigenvalue weighted by Crippen LogP contribution is 2.19. The maximum absolute atomic E-state index is 11.9. The Bertz CT molecular complexity index is 566. The molecule has 1 amide bonds. The van der Waals surface area contributed by atoms with Crippen LogP contribution in [0.25, 0.3) is 0 Å². The van der Waals surface area contributed by atoms with Gasteiger partial charge < -0.3 is 0 Å². The van der Waals surface area contributed by atoms with E-state index in [9.17, 15) is 4.79 Å². The molecule has 3 rings (SSSR count). The zero-order valence-corrected chi connectivity index (χ0v) is 10.1. The van der Waals surface area contributed by atoms with Crippen molar-refractivity contribution in [3.05, 3.63) is 35.9 Å². The molecule has 0 bridgehead atoms. The third kappa shape index (κ3) is 2.18. The fourth-order valence-corrected chi connectivity index (χ4v) is 2.26. The topological polar surface area (TPSA) is 69.4 Å². The lowest BCUT2D eigenvalue weighted by molar-refractivity contribution is 0.0889. The van der Waals surface area contributed by atoms with Crippen LogP contribution in [0.3, 0.4) is 0 Å². The zero-order valence-electron chi connectivity index (χ0n) is 9.28. The fourth-order valence-electron chi connectivity index (χ4n) is 1.51. The van der Waals surface area contributed by atoms with Crippen LogP contribution < -0.4 is 5.43 Å². The molecule has 1 N–H and O–H groups in total. The average Bonchev–Trinajstić information content (AvgIpc) is 2.87. The second kappa shape index (κ2) is 4.71. The van der Waals surface area contributed by atoms with Crippen molar-refractivity contribution in [2.75, 3.05) is 6.67 Å². The molecule has 2 aliphatic heterocycles. The summed E-state index contributed by atoms with van der Waals surface area (Å²) in [5.74, 6) is 0.464. The van der Waals surface area contributed by atoms with Gasteiger partial charge in [-0.05, 0) is 12.1 Å². The van der Waals surface area contributed by atoms with Gasteiger partial charge in [-0.3, -0.25) is 10.2 Å². The summed E-state index contributed by atoms with van der Waals surface area (Å²) in [7, 11) is 0. The van der Waals surface area contributed by atoms with Gasteiger partial charge in [-0.2, -0.15) is 0 Å². The zero-order chi connectivity index (χ0) is 12.4. The van der Waals surface area contributed by atoms with E-state index in [4.69, 9.17) is 0 Å². The summed E-state index contributed by atoms with van der Waals surface area (Å²) in [6.45, 7) is 0.356. The Morgan fingerprint density at radius 1 is 1.33 bits per heavy atom. The SMILES string of the molecule is O=C(NN1CN=C2N=CN=C2S1)c1ccccc1. The van der Waals surface area contributed by atoms with Crippen LogP contribution in [0.5, 0.6) is 0 Å². The first-order valence-corrected chi connectivity index (χ1v) is 6.07. The summed E-state index contributed by atoms with van der Waals surface area (Å²) in [5, 5.41) is 0.703.